The molecule has 0 saturated carbocycles. The molecule has 0 aliphatic heterocycles. The number of benzene rings is 1. The zero-order valence-electron chi connectivity index (χ0n) is 12.8. The van der Waals surface area contributed by atoms with E-state index >= 15 is 0 Å². The Morgan fingerprint density at radius 1 is 1.09 bits per heavy atom. The average Bonchev–Trinajstić information content (AvgIpc) is 3.12. The van der Waals surface area contributed by atoms with Crippen molar-refractivity contribution in [3.05, 3.63) is 47.3 Å². The molecule has 2 aromatic heterocycles. The van der Waals surface area contributed by atoms with Crippen molar-refractivity contribution in [1.82, 2.24) is 10.2 Å². The molecule has 1 aromatic carbocycles. The predicted octanol–water partition coefficient (Wildman–Crippen LogP) is 3.52. The molecule has 0 saturated heterocycles. The number of nitrogens with one attached hydrogen (secondary N) is 1. The van der Waals surface area contributed by atoms with E-state index in [0.29, 0.717) is 22.3 Å². The molecular weight excluding hydrogens is 334 g/mol. The van der Waals surface area contributed by atoms with Gasteiger partial charge < -0.3 is 4.42 Å². The summed E-state index contributed by atoms with van der Waals surface area (Å²) in [5.74, 6) is 0.756. The molecule has 0 aliphatic rings. The number of sulfonamides is 1. The third-order valence-electron chi connectivity index (χ3n) is 3.43. The smallest absolute Gasteiger partial charge is 0.271 e. The van der Waals surface area contributed by atoms with Gasteiger partial charge in [0.1, 0.15) is 4.21 Å². The average molecular weight is 349 g/mol. The number of thiophene rings is 1. The molecule has 0 fully saturated rings. The second-order valence-corrected chi connectivity index (χ2v) is 8.09. The van der Waals surface area contributed by atoms with Crippen molar-refractivity contribution in [2.45, 2.75) is 25.0 Å². The summed E-state index contributed by atoms with van der Waals surface area (Å²) in [6, 6.07) is 8.70. The monoisotopic (exact) mass is 349 g/mol. The lowest BCUT2D eigenvalue weighted by Gasteiger charge is -2.10. The molecule has 1 N–H and O–H groups in total. The summed E-state index contributed by atoms with van der Waals surface area (Å²) in [5, 5.41) is 7.65. The first-order chi connectivity index (χ1) is 10.9. The maximum Gasteiger partial charge on any atom is 0.271 e. The Hall–Kier alpha value is -2.19. The van der Waals surface area contributed by atoms with Gasteiger partial charge in [-0.3, -0.25) is 4.72 Å². The van der Waals surface area contributed by atoms with E-state index in [9.17, 15) is 8.42 Å². The van der Waals surface area contributed by atoms with Gasteiger partial charge in [-0.05, 0) is 43.2 Å². The van der Waals surface area contributed by atoms with E-state index in [1.807, 2.05) is 26.0 Å². The second kappa shape index (κ2) is 5.78. The third kappa shape index (κ3) is 3.13. The number of nitrogens with zero attached hydrogens (tertiary/aromatic N) is 2. The fraction of sp³-hybridized carbons (Fsp3) is 0.200. The molecule has 0 aliphatic carbocycles. The molecule has 0 atom stereocenters. The third-order valence-corrected chi connectivity index (χ3v) is 6.36. The van der Waals surface area contributed by atoms with Crippen LogP contribution in [-0.2, 0) is 10.0 Å². The Bertz CT molecular complexity index is 958. The van der Waals surface area contributed by atoms with E-state index in [2.05, 4.69) is 14.9 Å². The van der Waals surface area contributed by atoms with Crippen LogP contribution in [0, 0.1) is 20.8 Å². The SMILES string of the molecule is Cc1nnc(-c2ccc(S(=O)(=O)Nc3cccc(C)c3C)s2)o1. The fourth-order valence-electron chi connectivity index (χ4n) is 2.03. The van der Waals surface area contributed by atoms with Crippen LogP contribution in [0.4, 0.5) is 5.69 Å². The molecule has 0 amide bonds. The molecule has 23 heavy (non-hydrogen) atoms. The topological polar surface area (TPSA) is 85.1 Å². The van der Waals surface area contributed by atoms with Gasteiger partial charge in [-0.2, -0.15) is 0 Å². The van der Waals surface area contributed by atoms with E-state index in [1.54, 1.807) is 19.1 Å². The first-order valence-electron chi connectivity index (χ1n) is 6.86. The number of rotatable bonds is 4. The van der Waals surface area contributed by atoms with Gasteiger partial charge in [0.25, 0.3) is 15.9 Å². The summed E-state index contributed by atoms with van der Waals surface area (Å²) in [4.78, 5) is 0.618. The van der Waals surface area contributed by atoms with Gasteiger partial charge in [-0.1, -0.05) is 12.1 Å². The van der Waals surface area contributed by atoms with Crippen LogP contribution < -0.4 is 4.72 Å². The quantitative estimate of drug-likeness (QED) is 0.779. The van der Waals surface area contributed by atoms with Crippen LogP contribution in [0.1, 0.15) is 17.0 Å². The maximum absolute atomic E-state index is 12.5. The van der Waals surface area contributed by atoms with Crippen LogP contribution in [-0.4, -0.2) is 18.6 Å². The molecule has 3 rings (SSSR count). The molecule has 3 aromatic rings. The van der Waals surface area contributed by atoms with Crippen molar-refractivity contribution in [1.29, 1.82) is 0 Å². The van der Waals surface area contributed by atoms with Gasteiger partial charge >= 0.3 is 0 Å². The van der Waals surface area contributed by atoms with Gasteiger partial charge in [-0.25, -0.2) is 8.42 Å². The van der Waals surface area contributed by atoms with Crippen LogP contribution in [0.15, 0.2) is 39.0 Å². The first-order valence-corrected chi connectivity index (χ1v) is 9.16. The zero-order valence-corrected chi connectivity index (χ0v) is 14.5. The van der Waals surface area contributed by atoms with Crippen molar-refractivity contribution < 1.29 is 12.8 Å². The number of anilines is 1. The molecule has 6 nitrogen and oxygen atoms in total. The number of aryl methyl sites for hydroxylation is 2. The molecule has 0 unspecified atom stereocenters. The lowest BCUT2D eigenvalue weighted by molar-refractivity contribution is 0.534. The zero-order chi connectivity index (χ0) is 16.6. The molecular formula is C15H15N3O3S2. The predicted molar refractivity (Wildman–Crippen MR) is 89.1 cm³/mol. The van der Waals surface area contributed by atoms with Gasteiger partial charge in [0.05, 0.1) is 10.6 Å². The number of hydrogen-bond acceptors (Lipinski definition) is 6. The summed E-state index contributed by atoms with van der Waals surface area (Å²) in [6.07, 6.45) is 0. The van der Waals surface area contributed by atoms with E-state index < -0.39 is 10.0 Å². The fourth-order valence-corrected chi connectivity index (χ4v) is 4.38. The summed E-state index contributed by atoms with van der Waals surface area (Å²) < 4.78 is 33.2. The van der Waals surface area contributed by atoms with Gasteiger partial charge in [0.15, 0.2) is 0 Å². The normalized spacial score (nSPS) is 11.6. The highest BCUT2D eigenvalue weighted by Gasteiger charge is 2.20. The molecule has 0 spiro atoms. The summed E-state index contributed by atoms with van der Waals surface area (Å²) in [6.45, 7) is 5.51. The minimum Gasteiger partial charge on any atom is -0.420 e. The van der Waals surface area contributed by atoms with E-state index in [4.69, 9.17) is 4.42 Å². The molecule has 8 heteroatoms. The van der Waals surface area contributed by atoms with Gasteiger partial charge in [0, 0.05) is 6.92 Å². The lowest BCUT2D eigenvalue weighted by Crippen LogP contribution is -2.12. The highest BCUT2D eigenvalue weighted by atomic mass is 32.2. The summed E-state index contributed by atoms with van der Waals surface area (Å²) in [5.41, 5.74) is 2.51. The van der Waals surface area contributed by atoms with E-state index in [-0.39, 0.29) is 4.21 Å². The van der Waals surface area contributed by atoms with Crippen molar-refractivity contribution in [3.63, 3.8) is 0 Å². The highest BCUT2D eigenvalue weighted by molar-refractivity contribution is 7.94. The minimum absolute atomic E-state index is 0.198. The Kier molecular flexibility index (Phi) is 3.95. The summed E-state index contributed by atoms with van der Waals surface area (Å²) in [7, 11) is -3.65. The van der Waals surface area contributed by atoms with Crippen molar-refractivity contribution >= 4 is 27.0 Å². The van der Waals surface area contributed by atoms with Crippen LogP contribution in [0.5, 0.6) is 0 Å². The Labute approximate surface area is 138 Å². The molecule has 0 bridgehead atoms. The minimum atomic E-state index is -3.65. The maximum atomic E-state index is 12.5. The Morgan fingerprint density at radius 2 is 1.87 bits per heavy atom. The molecule has 120 valence electrons. The molecule has 2 heterocycles. The second-order valence-electron chi connectivity index (χ2n) is 5.10. The van der Waals surface area contributed by atoms with Crippen molar-refractivity contribution in [3.8, 4) is 10.8 Å². The van der Waals surface area contributed by atoms with Crippen molar-refractivity contribution in [2.24, 2.45) is 0 Å². The lowest BCUT2D eigenvalue weighted by atomic mass is 10.1. The van der Waals surface area contributed by atoms with Crippen LogP contribution in [0.2, 0.25) is 0 Å². The standard InChI is InChI=1S/C15H15N3O3S2/c1-9-5-4-6-12(10(9)2)18-23(19,20)14-8-7-13(22-14)15-17-16-11(3)21-15/h4-8,18H,1-3H3. The van der Waals surface area contributed by atoms with Crippen LogP contribution in [0.3, 0.4) is 0 Å². The van der Waals surface area contributed by atoms with Gasteiger partial charge in [-0.15, -0.1) is 21.5 Å². The largest absolute Gasteiger partial charge is 0.420 e. The number of hydrogen-bond donors (Lipinski definition) is 1. The van der Waals surface area contributed by atoms with E-state index in [1.165, 1.54) is 6.07 Å². The highest BCUT2D eigenvalue weighted by Crippen LogP contribution is 2.31. The Balaban J connectivity index is 1.91. The van der Waals surface area contributed by atoms with E-state index in [0.717, 1.165) is 22.5 Å². The Morgan fingerprint density at radius 3 is 2.57 bits per heavy atom. The first kappa shape index (κ1) is 15.7. The summed E-state index contributed by atoms with van der Waals surface area (Å²) >= 11 is 1.09. The van der Waals surface area contributed by atoms with Crippen molar-refractivity contribution in [2.75, 3.05) is 4.72 Å². The molecule has 0 radical (unpaired) electrons. The van der Waals surface area contributed by atoms with Crippen LogP contribution in [0.25, 0.3) is 10.8 Å². The van der Waals surface area contributed by atoms with Gasteiger partial charge in [0.2, 0.25) is 5.89 Å². The number of aromatic nitrogens is 2. The van der Waals surface area contributed by atoms with Crippen LogP contribution >= 0.6 is 11.3 Å².